The van der Waals surface area contributed by atoms with Crippen LogP contribution < -0.4 is 20.1 Å². The molecule has 2 aliphatic heterocycles. The smallest absolute Gasteiger partial charge is 0.404 e. The first kappa shape index (κ1) is 22.5. The molecule has 178 valence electrons. The van der Waals surface area contributed by atoms with Crippen LogP contribution in [0.15, 0.2) is 23.1 Å². The van der Waals surface area contributed by atoms with Gasteiger partial charge >= 0.3 is 6.36 Å². The van der Waals surface area contributed by atoms with Gasteiger partial charge in [-0.2, -0.15) is 5.26 Å². The molecule has 2 fully saturated rings. The van der Waals surface area contributed by atoms with Crippen molar-refractivity contribution in [2.75, 3.05) is 29.4 Å². The number of hydrogen-bond donors (Lipinski definition) is 0. The molecule has 5 heterocycles. The Kier molecular flexibility index (Phi) is 5.39. The Labute approximate surface area is 196 Å². The third-order valence-electron chi connectivity index (χ3n) is 6.51. The molecule has 3 aromatic rings. The van der Waals surface area contributed by atoms with Crippen molar-refractivity contribution in [3.63, 3.8) is 0 Å². The Morgan fingerprint density at radius 1 is 1.26 bits per heavy atom. The predicted octanol–water partition coefficient (Wildman–Crippen LogP) is 3.57. The van der Waals surface area contributed by atoms with Gasteiger partial charge in [-0.15, -0.1) is 24.5 Å². The van der Waals surface area contributed by atoms with E-state index in [9.17, 15) is 23.2 Å². The second kappa shape index (κ2) is 8.16. The first-order valence-corrected chi connectivity index (χ1v) is 11.6. The molecule has 0 aromatic carbocycles. The summed E-state index contributed by atoms with van der Waals surface area (Å²) in [5, 5.41) is 10.6. The molecule has 2 unspecified atom stereocenters. The minimum Gasteiger partial charge on any atom is -0.404 e. The van der Waals surface area contributed by atoms with E-state index >= 15 is 0 Å². The summed E-state index contributed by atoms with van der Waals surface area (Å²) in [6.07, 6.45) is -2.03. The van der Waals surface area contributed by atoms with Crippen LogP contribution in [0.4, 0.5) is 24.7 Å². The van der Waals surface area contributed by atoms with Crippen molar-refractivity contribution in [1.29, 1.82) is 5.26 Å². The van der Waals surface area contributed by atoms with Gasteiger partial charge in [0.05, 0.1) is 16.9 Å². The maximum Gasteiger partial charge on any atom is 0.573 e. The van der Waals surface area contributed by atoms with Crippen LogP contribution in [0.3, 0.4) is 0 Å². The fourth-order valence-electron chi connectivity index (χ4n) is 5.09. The molecule has 0 amide bonds. The van der Waals surface area contributed by atoms with Crippen molar-refractivity contribution in [2.45, 2.75) is 32.2 Å². The Hall–Kier alpha value is -3.33. The van der Waals surface area contributed by atoms with Crippen LogP contribution in [-0.4, -0.2) is 46.6 Å². The molecule has 0 saturated carbocycles. The molecule has 0 aliphatic carbocycles. The third-order valence-corrected chi connectivity index (χ3v) is 7.56. The van der Waals surface area contributed by atoms with Gasteiger partial charge in [0.25, 0.3) is 5.56 Å². The number of aromatic nitrogens is 3. The molecule has 2 aliphatic rings. The average molecular weight is 491 g/mol. The predicted molar refractivity (Wildman–Crippen MR) is 121 cm³/mol. The molecule has 2 saturated heterocycles. The highest BCUT2D eigenvalue weighted by atomic mass is 32.1. The molecular formula is C22H21F3N6O2S. The first-order valence-electron chi connectivity index (χ1n) is 10.8. The Morgan fingerprint density at radius 2 is 2.06 bits per heavy atom. The molecule has 12 heteroatoms. The van der Waals surface area contributed by atoms with E-state index < -0.39 is 6.36 Å². The highest BCUT2D eigenvalue weighted by Crippen LogP contribution is 2.39. The molecular weight excluding hydrogens is 469 g/mol. The van der Waals surface area contributed by atoms with Crippen LogP contribution in [0.1, 0.15) is 23.4 Å². The highest BCUT2D eigenvalue weighted by Gasteiger charge is 2.40. The van der Waals surface area contributed by atoms with Crippen molar-refractivity contribution < 1.29 is 17.9 Å². The number of nitrogens with zero attached hydrogens (tertiary/aromatic N) is 6. The number of anilines is 2. The quantitative estimate of drug-likeness (QED) is 0.555. The molecule has 0 spiro atoms. The van der Waals surface area contributed by atoms with E-state index in [2.05, 4.69) is 30.6 Å². The zero-order chi connectivity index (χ0) is 24.2. The van der Waals surface area contributed by atoms with E-state index in [0.717, 1.165) is 35.4 Å². The van der Waals surface area contributed by atoms with Crippen LogP contribution >= 0.6 is 11.3 Å². The third kappa shape index (κ3) is 3.83. The SMILES string of the molecule is Cc1nc2c(N3CCC4C(CCN4c4ccc(OC(F)(F)F)cn4)C3)c(C#N)c(=O)n(C)c2s1. The zero-order valence-electron chi connectivity index (χ0n) is 18.5. The molecule has 0 N–H and O–H groups in total. The van der Waals surface area contributed by atoms with Gasteiger partial charge in [0.15, 0.2) is 0 Å². The molecule has 3 aromatic heterocycles. The standard InChI is InChI=1S/C22H21F3N6O2S/c1-12-28-18-19(15(9-26)20(32)29(2)21(18)34-12)30-7-6-16-13(11-30)5-8-31(16)17-4-3-14(10-27-17)33-22(23,24)25/h3-4,10,13,16H,5-8,11H2,1-2H3. The van der Waals surface area contributed by atoms with Gasteiger partial charge in [0, 0.05) is 32.7 Å². The number of aryl methyl sites for hydroxylation is 2. The van der Waals surface area contributed by atoms with Crippen LogP contribution in [-0.2, 0) is 7.05 Å². The summed E-state index contributed by atoms with van der Waals surface area (Å²) in [5.41, 5.74) is 1.06. The summed E-state index contributed by atoms with van der Waals surface area (Å²) in [6, 6.07) is 5.09. The fourth-order valence-corrected chi connectivity index (χ4v) is 5.97. The Bertz CT molecular complexity index is 1340. The van der Waals surface area contributed by atoms with Crippen LogP contribution in [0.2, 0.25) is 0 Å². The van der Waals surface area contributed by atoms with Crippen molar-refractivity contribution in [3.8, 4) is 11.8 Å². The minimum absolute atomic E-state index is 0.107. The lowest BCUT2D eigenvalue weighted by molar-refractivity contribution is -0.274. The lowest BCUT2D eigenvalue weighted by Crippen LogP contribution is -2.47. The summed E-state index contributed by atoms with van der Waals surface area (Å²) in [6.45, 7) is 3.89. The maximum atomic E-state index is 12.9. The van der Waals surface area contributed by atoms with E-state index in [1.807, 2.05) is 6.92 Å². The number of hydrogen-bond acceptors (Lipinski definition) is 8. The van der Waals surface area contributed by atoms with Gasteiger partial charge in [0.1, 0.15) is 33.5 Å². The van der Waals surface area contributed by atoms with E-state index in [4.69, 9.17) is 0 Å². The number of piperidine rings is 1. The summed E-state index contributed by atoms with van der Waals surface area (Å²) in [7, 11) is 1.66. The first-order chi connectivity index (χ1) is 16.2. The minimum atomic E-state index is -4.75. The van der Waals surface area contributed by atoms with Gasteiger partial charge < -0.3 is 19.1 Å². The van der Waals surface area contributed by atoms with Crippen LogP contribution in [0.5, 0.6) is 5.75 Å². The molecule has 0 radical (unpaired) electrons. The number of alkyl halides is 3. The molecule has 5 rings (SSSR count). The lowest BCUT2D eigenvalue weighted by atomic mass is 9.92. The van der Waals surface area contributed by atoms with E-state index in [0.29, 0.717) is 30.1 Å². The molecule has 2 atom stereocenters. The monoisotopic (exact) mass is 490 g/mol. The number of ether oxygens (including phenoxy) is 1. The second-order valence-electron chi connectivity index (χ2n) is 8.53. The normalized spacial score (nSPS) is 20.5. The topological polar surface area (TPSA) is 87.3 Å². The number of nitriles is 1. The maximum absolute atomic E-state index is 12.9. The summed E-state index contributed by atoms with van der Waals surface area (Å²) in [4.78, 5) is 26.7. The Balaban J connectivity index is 1.40. The molecule has 34 heavy (non-hydrogen) atoms. The fraction of sp³-hybridized carbons (Fsp3) is 0.455. The summed E-state index contributed by atoms with van der Waals surface area (Å²) >= 11 is 1.43. The van der Waals surface area contributed by atoms with E-state index in [-0.39, 0.29) is 28.8 Å². The van der Waals surface area contributed by atoms with Crippen LogP contribution in [0, 0.1) is 24.2 Å². The van der Waals surface area contributed by atoms with Crippen molar-refractivity contribution >= 4 is 33.2 Å². The lowest BCUT2D eigenvalue weighted by Gasteiger charge is -2.39. The Morgan fingerprint density at radius 3 is 2.74 bits per heavy atom. The number of pyridine rings is 2. The van der Waals surface area contributed by atoms with Crippen molar-refractivity contribution in [3.05, 3.63) is 39.3 Å². The van der Waals surface area contributed by atoms with Gasteiger partial charge in [-0.1, -0.05) is 0 Å². The van der Waals surface area contributed by atoms with E-state index in [1.165, 1.54) is 22.0 Å². The number of rotatable bonds is 3. The van der Waals surface area contributed by atoms with Crippen LogP contribution in [0.25, 0.3) is 10.3 Å². The van der Waals surface area contributed by atoms with Gasteiger partial charge in [-0.05, 0) is 37.8 Å². The number of halogens is 3. The van der Waals surface area contributed by atoms with Gasteiger partial charge in [-0.25, -0.2) is 9.97 Å². The van der Waals surface area contributed by atoms with Crippen molar-refractivity contribution in [2.24, 2.45) is 13.0 Å². The number of thiazole rings is 1. The largest absolute Gasteiger partial charge is 0.573 e. The van der Waals surface area contributed by atoms with Gasteiger partial charge in [0.2, 0.25) is 0 Å². The van der Waals surface area contributed by atoms with Crippen molar-refractivity contribution in [1.82, 2.24) is 14.5 Å². The molecule has 0 bridgehead atoms. The molecule has 8 nitrogen and oxygen atoms in total. The van der Waals surface area contributed by atoms with Gasteiger partial charge in [-0.3, -0.25) is 4.79 Å². The second-order valence-corrected chi connectivity index (χ2v) is 9.71. The average Bonchev–Trinajstić information content (AvgIpc) is 3.38. The highest BCUT2D eigenvalue weighted by molar-refractivity contribution is 7.18. The summed E-state index contributed by atoms with van der Waals surface area (Å²) in [5.74, 6) is 0.519. The summed E-state index contributed by atoms with van der Waals surface area (Å²) < 4.78 is 42.7. The zero-order valence-corrected chi connectivity index (χ0v) is 19.3. The number of fused-ring (bicyclic) bond motifs is 2. The van der Waals surface area contributed by atoms with E-state index in [1.54, 1.807) is 13.1 Å².